The standard InChI is InChI=1S/C17H18N2O/c1-12(2)14-5-3-13(4-6-14)11-19-16-9-7-15(8-10-16)17(18)20/h3-12H,1-2H3,(H2,18,20). The molecule has 0 radical (unpaired) electrons. The molecule has 0 atom stereocenters. The SMILES string of the molecule is CC(C)c1ccc(C=Nc2ccc(C(N)=O)cc2)cc1. The average molecular weight is 266 g/mol. The normalized spacial score (nSPS) is 11.2. The van der Waals surface area contributed by atoms with E-state index in [0.29, 0.717) is 11.5 Å². The van der Waals surface area contributed by atoms with E-state index in [1.54, 1.807) is 24.3 Å². The topological polar surface area (TPSA) is 55.4 Å². The smallest absolute Gasteiger partial charge is 0.248 e. The molecule has 1 amide bonds. The van der Waals surface area contributed by atoms with Crippen molar-refractivity contribution in [3.05, 3.63) is 65.2 Å². The molecule has 0 spiro atoms. The summed E-state index contributed by atoms with van der Waals surface area (Å²) in [4.78, 5) is 15.3. The van der Waals surface area contributed by atoms with Gasteiger partial charge >= 0.3 is 0 Å². The molecule has 0 aromatic heterocycles. The zero-order chi connectivity index (χ0) is 14.5. The third-order valence-corrected chi connectivity index (χ3v) is 3.12. The van der Waals surface area contributed by atoms with Crippen molar-refractivity contribution in [3.63, 3.8) is 0 Å². The Morgan fingerprint density at radius 3 is 2.15 bits per heavy atom. The van der Waals surface area contributed by atoms with Crippen LogP contribution in [-0.4, -0.2) is 12.1 Å². The molecule has 20 heavy (non-hydrogen) atoms. The summed E-state index contributed by atoms with van der Waals surface area (Å²) < 4.78 is 0. The van der Waals surface area contributed by atoms with Crippen molar-refractivity contribution in [3.8, 4) is 0 Å². The van der Waals surface area contributed by atoms with Crippen LogP contribution in [0, 0.1) is 0 Å². The van der Waals surface area contributed by atoms with Crippen LogP contribution in [0.1, 0.15) is 41.3 Å². The Morgan fingerprint density at radius 1 is 1.05 bits per heavy atom. The molecule has 3 heteroatoms. The zero-order valence-electron chi connectivity index (χ0n) is 11.7. The number of primary amides is 1. The fourth-order valence-electron chi connectivity index (χ4n) is 1.83. The van der Waals surface area contributed by atoms with Crippen LogP contribution < -0.4 is 5.73 Å². The molecule has 0 heterocycles. The van der Waals surface area contributed by atoms with Gasteiger partial charge in [0.15, 0.2) is 0 Å². The first kappa shape index (κ1) is 14.0. The highest BCUT2D eigenvalue weighted by Crippen LogP contribution is 2.15. The van der Waals surface area contributed by atoms with Crippen molar-refractivity contribution >= 4 is 17.8 Å². The second-order valence-electron chi connectivity index (χ2n) is 4.99. The molecule has 0 bridgehead atoms. The van der Waals surface area contributed by atoms with E-state index in [-0.39, 0.29) is 0 Å². The summed E-state index contributed by atoms with van der Waals surface area (Å²) in [5.74, 6) is 0.104. The molecule has 2 rings (SSSR count). The lowest BCUT2D eigenvalue weighted by Gasteiger charge is -2.04. The van der Waals surface area contributed by atoms with E-state index < -0.39 is 5.91 Å². The van der Waals surface area contributed by atoms with Gasteiger partial charge in [0.25, 0.3) is 0 Å². The Kier molecular flexibility index (Phi) is 4.31. The summed E-state index contributed by atoms with van der Waals surface area (Å²) in [7, 11) is 0. The number of rotatable bonds is 4. The summed E-state index contributed by atoms with van der Waals surface area (Å²) >= 11 is 0. The van der Waals surface area contributed by atoms with E-state index in [2.05, 4.69) is 43.1 Å². The number of benzene rings is 2. The van der Waals surface area contributed by atoms with Crippen LogP contribution in [0.3, 0.4) is 0 Å². The largest absolute Gasteiger partial charge is 0.366 e. The molecule has 3 nitrogen and oxygen atoms in total. The summed E-state index contributed by atoms with van der Waals surface area (Å²) in [6.45, 7) is 4.34. The van der Waals surface area contributed by atoms with Crippen LogP contribution in [0.15, 0.2) is 53.5 Å². The third kappa shape index (κ3) is 3.54. The molecular formula is C17H18N2O. The van der Waals surface area contributed by atoms with Gasteiger partial charge in [-0.05, 0) is 41.3 Å². The number of carbonyl (C=O) groups is 1. The molecule has 2 aromatic rings. The van der Waals surface area contributed by atoms with E-state index in [1.807, 2.05) is 6.21 Å². The molecule has 0 aliphatic rings. The van der Waals surface area contributed by atoms with Gasteiger partial charge in [0, 0.05) is 11.8 Å². The van der Waals surface area contributed by atoms with Crippen LogP contribution in [0.4, 0.5) is 5.69 Å². The summed E-state index contributed by atoms with van der Waals surface area (Å²) in [5, 5.41) is 0. The molecule has 0 saturated carbocycles. The molecule has 0 saturated heterocycles. The summed E-state index contributed by atoms with van der Waals surface area (Å²) in [6, 6.07) is 15.2. The van der Waals surface area contributed by atoms with Crippen LogP contribution in [0.25, 0.3) is 0 Å². The van der Waals surface area contributed by atoms with Crippen LogP contribution >= 0.6 is 0 Å². The second-order valence-corrected chi connectivity index (χ2v) is 4.99. The molecule has 0 unspecified atom stereocenters. The fraction of sp³-hybridized carbons (Fsp3) is 0.176. The fourth-order valence-corrected chi connectivity index (χ4v) is 1.83. The number of nitrogens with two attached hydrogens (primary N) is 1. The Balaban J connectivity index is 2.10. The number of aliphatic imine (C=N–C) groups is 1. The van der Waals surface area contributed by atoms with Gasteiger partial charge in [-0.1, -0.05) is 38.1 Å². The quantitative estimate of drug-likeness (QED) is 0.843. The van der Waals surface area contributed by atoms with Crippen molar-refractivity contribution < 1.29 is 4.79 Å². The lowest BCUT2D eigenvalue weighted by atomic mass is 10.0. The molecule has 102 valence electrons. The molecular weight excluding hydrogens is 248 g/mol. The zero-order valence-corrected chi connectivity index (χ0v) is 11.7. The Bertz CT molecular complexity index is 610. The number of hydrogen-bond acceptors (Lipinski definition) is 2. The third-order valence-electron chi connectivity index (χ3n) is 3.12. The van der Waals surface area contributed by atoms with Gasteiger partial charge < -0.3 is 5.73 Å². The van der Waals surface area contributed by atoms with Crippen molar-refractivity contribution in [2.24, 2.45) is 10.7 Å². The highest BCUT2D eigenvalue weighted by molar-refractivity contribution is 5.93. The van der Waals surface area contributed by atoms with Crippen molar-refractivity contribution in [1.29, 1.82) is 0 Å². The Labute approximate surface area is 119 Å². The van der Waals surface area contributed by atoms with Crippen LogP contribution in [0.2, 0.25) is 0 Å². The molecule has 0 aliphatic carbocycles. The molecule has 2 aromatic carbocycles. The molecule has 0 aliphatic heterocycles. The predicted molar refractivity (Wildman–Crippen MR) is 82.7 cm³/mol. The molecule has 2 N–H and O–H groups in total. The minimum absolute atomic E-state index is 0.426. The number of hydrogen-bond donors (Lipinski definition) is 1. The van der Waals surface area contributed by atoms with Gasteiger partial charge in [-0.3, -0.25) is 9.79 Å². The van der Waals surface area contributed by atoms with Crippen LogP contribution in [-0.2, 0) is 0 Å². The first-order valence-electron chi connectivity index (χ1n) is 6.60. The first-order valence-corrected chi connectivity index (χ1v) is 6.60. The lowest BCUT2D eigenvalue weighted by Crippen LogP contribution is -2.10. The second kappa shape index (κ2) is 6.15. The minimum Gasteiger partial charge on any atom is -0.366 e. The van der Waals surface area contributed by atoms with Crippen LogP contribution in [0.5, 0.6) is 0 Å². The van der Waals surface area contributed by atoms with Crippen molar-refractivity contribution in [2.75, 3.05) is 0 Å². The maximum Gasteiger partial charge on any atom is 0.248 e. The number of amides is 1. The number of nitrogens with zero attached hydrogens (tertiary/aromatic N) is 1. The van der Waals surface area contributed by atoms with Gasteiger partial charge in [-0.25, -0.2) is 0 Å². The van der Waals surface area contributed by atoms with E-state index in [4.69, 9.17) is 5.73 Å². The summed E-state index contributed by atoms with van der Waals surface area (Å²) in [5.41, 5.74) is 8.84. The van der Waals surface area contributed by atoms with E-state index in [1.165, 1.54) is 5.56 Å². The van der Waals surface area contributed by atoms with E-state index >= 15 is 0 Å². The van der Waals surface area contributed by atoms with E-state index in [0.717, 1.165) is 11.3 Å². The molecule has 0 fully saturated rings. The lowest BCUT2D eigenvalue weighted by molar-refractivity contribution is 0.100. The first-order chi connectivity index (χ1) is 9.56. The van der Waals surface area contributed by atoms with Gasteiger partial charge in [0.05, 0.1) is 5.69 Å². The van der Waals surface area contributed by atoms with Crippen molar-refractivity contribution in [2.45, 2.75) is 19.8 Å². The maximum absolute atomic E-state index is 11.0. The Morgan fingerprint density at radius 2 is 1.65 bits per heavy atom. The van der Waals surface area contributed by atoms with Gasteiger partial charge in [0.2, 0.25) is 5.91 Å². The predicted octanol–water partition coefficient (Wildman–Crippen LogP) is 3.66. The number of carbonyl (C=O) groups excluding carboxylic acids is 1. The highest BCUT2D eigenvalue weighted by Gasteiger charge is 1.99. The van der Waals surface area contributed by atoms with E-state index in [9.17, 15) is 4.79 Å². The average Bonchev–Trinajstić information content (AvgIpc) is 2.46. The van der Waals surface area contributed by atoms with Gasteiger partial charge in [0.1, 0.15) is 0 Å². The minimum atomic E-state index is -0.426. The maximum atomic E-state index is 11.0. The van der Waals surface area contributed by atoms with Gasteiger partial charge in [-0.2, -0.15) is 0 Å². The van der Waals surface area contributed by atoms with Crippen molar-refractivity contribution in [1.82, 2.24) is 0 Å². The van der Waals surface area contributed by atoms with Gasteiger partial charge in [-0.15, -0.1) is 0 Å². The monoisotopic (exact) mass is 266 g/mol. The highest BCUT2D eigenvalue weighted by atomic mass is 16.1. The summed E-state index contributed by atoms with van der Waals surface area (Å²) in [6.07, 6.45) is 1.81. The Hall–Kier alpha value is -2.42.